The van der Waals surface area contributed by atoms with Gasteiger partial charge in [0.25, 0.3) is 0 Å². The maximum atomic E-state index is 15.3. The lowest BCUT2D eigenvalue weighted by Crippen LogP contribution is -2.49. The molecule has 268 valence electrons. The van der Waals surface area contributed by atoms with Gasteiger partial charge < -0.3 is 28.5 Å². The number of hydrogen-bond donors (Lipinski definition) is 1. The van der Waals surface area contributed by atoms with E-state index in [1.165, 1.54) is 0 Å². The summed E-state index contributed by atoms with van der Waals surface area (Å²) < 4.78 is 31.1. The van der Waals surface area contributed by atoms with Gasteiger partial charge in [0, 0.05) is 23.2 Å². The molecule has 2 bridgehead atoms. The number of aliphatic hydroxyl groups is 1. The van der Waals surface area contributed by atoms with Crippen LogP contribution in [0.2, 0.25) is 18.1 Å². The van der Waals surface area contributed by atoms with Crippen molar-refractivity contribution in [2.24, 2.45) is 34.5 Å². The Bertz CT molecular complexity index is 1540. The van der Waals surface area contributed by atoms with Crippen molar-refractivity contribution in [2.75, 3.05) is 20.8 Å². The van der Waals surface area contributed by atoms with Gasteiger partial charge in [-0.3, -0.25) is 4.79 Å². The van der Waals surface area contributed by atoms with Crippen LogP contribution >= 0.6 is 0 Å². The third-order valence-corrected chi connectivity index (χ3v) is 17.9. The zero-order chi connectivity index (χ0) is 35.6. The van der Waals surface area contributed by atoms with E-state index in [9.17, 15) is 5.11 Å². The molecule has 3 saturated carbocycles. The summed E-state index contributed by atoms with van der Waals surface area (Å²) in [6.45, 7) is 19.5. The first-order valence-electron chi connectivity index (χ1n) is 18.1. The molecule has 49 heavy (non-hydrogen) atoms. The van der Waals surface area contributed by atoms with Gasteiger partial charge >= 0.3 is 0 Å². The van der Waals surface area contributed by atoms with Gasteiger partial charge in [-0.25, -0.2) is 0 Å². The van der Waals surface area contributed by atoms with Crippen LogP contribution in [0.15, 0.2) is 60.2 Å². The van der Waals surface area contributed by atoms with E-state index in [-0.39, 0.29) is 52.6 Å². The Morgan fingerprint density at radius 3 is 2.00 bits per heavy atom. The van der Waals surface area contributed by atoms with E-state index in [4.69, 9.17) is 23.4 Å². The number of fused-ring (bicyclic) bond motifs is 3. The second-order valence-corrected chi connectivity index (χ2v) is 22.1. The largest absolute Gasteiger partial charge is 0.497 e. The predicted octanol–water partition coefficient (Wildman–Crippen LogP) is 8.14. The maximum absolute atomic E-state index is 15.3. The summed E-state index contributed by atoms with van der Waals surface area (Å²) in [5, 5.41) is 12.3. The quantitative estimate of drug-likeness (QED) is 0.188. The minimum absolute atomic E-state index is 0.0150. The first-order valence-corrected chi connectivity index (χ1v) is 21.0. The Hall–Kier alpha value is -2.49. The molecule has 0 heterocycles. The van der Waals surface area contributed by atoms with E-state index >= 15 is 4.79 Å². The fraction of sp³-hybridized carbons (Fsp3) is 0.634. The Balaban J connectivity index is 1.34. The van der Waals surface area contributed by atoms with E-state index in [1.807, 2.05) is 48.5 Å². The smallest absolute Gasteiger partial charge is 0.192 e. The van der Waals surface area contributed by atoms with E-state index in [2.05, 4.69) is 60.7 Å². The van der Waals surface area contributed by atoms with Gasteiger partial charge in [-0.05, 0) is 89.7 Å². The van der Waals surface area contributed by atoms with Crippen molar-refractivity contribution >= 4 is 14.1 Å². The fourth-order valence-electron chi connectivity index (χ4n) is 9.50. The van der Waals surface area contributed by atoms with Crippen LogP contribution in [0.4, 0.5) is 0 Å². The van der Waals surface area contributed by atoms with Crippen molar-refractivity contribution in [3.05, 3.63) is 71.3 Å². The van der Waals surface area contributed by atoms with Crippen LogP contribution in [-0.4, -0.2) is 57.8 Å². The number of carbonyl (C=O) groups is 1. The number of hydrogen-bond acceptors (Lipinski definition) is 7. The topological polar surface area (TPSA) is 83.5 Å². The highest BCUT2D eigenvalue weighted by atomic mass is 28.4. The van der Waals surface area contributed by atoms with Crippen LogP contribution in [0.1, 0.15) is 71.9 Å². The molecular formula is C41H58O7Si. The molecule has 0 aromatic heterocycles. The fourth-order valence-corrected chi connectivity index (χ4v) is 11.2. The summed E-state index contributed by atoms with van der Waals surface area (Å²) in [5.41, 5.74) is 1.60. The van der Waals surface area contributed by atoms with E-state index < -0.39 is 25.4 Å². The van der Waals surface area contributed by atoms with Gasteiger partial charge in [0.05, 0.1) is 51.8 Å². The molecule has 0 radical (unpaired) electrons. The van der Waals surface area contributed by atoms with E-state index in [0.29, 0.717) is 26.1 Å². The average molecular weight is 691 g/mol. The molecule has 8 atom stereocenters. The molecule has 1 spiro atoms. The molecular weight excluding hydrogens is 633 g/mol. The first-order chi connectivity index (χ1) is 23.0. The molecule has 7 nitrogen and oxygen atoms in total. The molecule has 2 aromatic carbocycles. The highest BCUT2D eigenvalue weighted by Crippen LogP contribution is 2.76. The molecule has 0 unspecified atom stereocenters. The molecule has 4 aliphatic carbocycles. The zero-order valence-corrected chi connectivity index (χ0v) is 32.3. The van der Waals surface area contributed by atoms with Crippen molar-refractivity contribution in [1.82, 2.24) is 0 Å². The number of allylic oxidation sites excluding steroid dienone is 1. The number of ether oxygens (including phenoxy) is 4. The van der Waals surface area contributed by atoms with Crippen molar-refractivity contribution in [1.29, 1.82) is 0 Å². The Morgan fingerprint density at radius 1 is 0.878 bits per heavy atom. The lowest BCUT2D eigenvalue weighted by atomic mass is 9.61. The highest BCUT2D eigenvalue weighted by molar-refractivity contribution is 6.74. The standard InChI is InChI=1S/C41H58O7Si/c1-26-21-41(48-49(9,10)38(2,3)4)36(39(41,5)6)33-19-29(25-46-23-27-11-15-30(44-7)16-12-27)35(42)34-20-32(22-40(26,34)37(33)43)47-24-28-13-17-31(45-8)18-14-28/h11-19,26,32-36,42H,20-25H2,1-10H3/t26-,32+,33+,34+,35-,36-,40-,41+/m1/s1. The van der Waals surface area contributed by atoms with Gasteiger partial charge in [-0.2, -0.15) is 0 Å². The van der Waals surface area contributed by atoms with E-state index in [0.717, 1.165) is 34.6 Å². The molecule has 8 heteroatoms. The number of methoxy groups -OCH3 is 2. The number of Topliss-reactive ketones (excluding diaryl/α,β-unsaturated/α-hetero) is 1. The number of ketones is 1. The van der Waals surface area contributed by atoms with Gasteiger partial charge in [-0.1, -0.05) is 71.9 Å². The van der Waals surface area contributed by atoms with Crippen LogP contribution in [0.25, 0.3) is 0 Å². The van der Waals surface area contributed by atoms with Crippen molar-refractivity contribution in [3.63, 3.8) is 0 Å². The van der Waals surface area contributed by atoms with E-state index in [1.54, 1.807) is 14.2 Å². The summed E-state index contributed by atoms with van der Waals surface area (Å²) in [4.78, 5) is 15.3. The van der Waals surface area contributed by atoms with Crippen molar-refractivity contribution in [2.45, 2.75) is 110 Å². The van der Waals surface area contributed by atoms with Crippen molar-refractivity contribution < 1.29 is 33.3 Å². The molecule has 1 N–H and O–H groups in total. The second kappa shape index (κ2) is 12.9. The normalized spacial score (nSPS) is 33.5. The average Bonchev–Trinajstić information content (AvgIpc) is 3.34. The van der Waals surface area contributed by atoms with Gasteiger partial charge in [-0.15, -0.1) is 0 Å². The van der Waals surface area contributed by atoms with Gasteiger partial charge in [0.2, 0.25) is 0 Å². The number of benzene rings is 2. The summed E-state index contributed by atoms with van der Waals surface area (Å²) in [7, 11) is 1.13. The first kappa shape index (κ1) is 36.3. The zero-order valence-electron chi connectivity index (χ0n) is 31.3. The van der Waals surface area contributed by atoms with Crippen LogP contribution in [0, 0.1) is 34.5 Å². The predicted molar refractivity (Wildman–Crippen MR) is 194 cm³/mol. The lowest BCUT2D eigenvalue weighted by Gasteiger charge is -2.44. The Morgan fingerprint density at radius 2 is 1.45 bits per heavy atom. The Kier molecular flexibility index (Phi) is 9.58. The van der Waals surface area contributed by atoms with Gasteiger partial charge in [0.1, 0.15) is 17.3 Å². The lowest BCUT2D eigenvalue weighted by molar-refractivity contribution is -0.140. The SMILES string of the molecule is COc1ccc(COCC2=C[C@@H]3C(=O)[C@]4(C[C@@H](OCc5ccc(OC)cc5)C[C@H]4[C@@H]2O)[C@H](C)C[C@]2(O[Si](C)(C)C(C)(C)C)[C@H]3C2(C)C)cc1. The third-order valence-electron chi connectivity index (χ3n) is 13.4. The molecule has 6 rings (SSSR count). The number of carbonyl (C=O) groups excluding carboxylic acids is 1. The summed E-state index contributed by atoms with van der Waals surface area (Å²) in [6.07, 6.45) is 3.21. The molecule has 0 amide bonds. The minimum Gasteiger partial charge on any atom is -0.497 e. The molecule has 0 saturated heterocycles. The summed E-state index contributed by atoms with van der Waals surface area (Å²) in [5.74, 6) is 1.30. The Labute approximate surface area is 294 Å². The van der Waals surface area contributed by atoms with Gasteiger partial charge in [0.15, 0.2) is 8.32 Å². The van der Waals surface area contributed by atoms with Crippen LogP contribution in [-0.2, 0) is 31.9 Å². The molecule has 4 aliphatic rings. The number of rotatable bonds is 11. The summed E-state index contributed by atoms with van der Waals surface area (Å²) >= 11 is 0. The summed E-state index contributed by atoms with van der Waals surface area (Å²) in [6, 6.07) is 15.8. The van der Waals surface area contributed by atoms with Crippen LogP contribution in [0.3, 0.4) is 0 Å². The molecule has 2 aromatic rings. The van der Waals surface area contributed by atoms with Crippen molar-refractivity contribution in [3.8, 4) is 11.5 Å². The third kappa shape index (κ3) is 6.13. The maximum Gasteiger partial charge on any atom is 0.192 e. The highest BCUT2D eigenvalue weighted by Gasteiger charge is 2.80. The van der Waals surface area contributed by atoms with Crippen LogP contribution in [0.5, 0.6) is 11.5 Å². The monoisotopic (exact) mass is 690 g/mol. The van der Waals surface area contributed by atoms with Crippen LogP contribution < -0.4 is 9.47 Å². The second-order valence-electron chi connectivity index (χ2n) is 17.3. The molecule has 3 fully saturated rings. The number of aliphatic hydroxyl groups excluding tert-OH is 1. The molecule has 0 aliphatic heterocycles. The minimum atomic E-state index is -2.19.